The van der Waals surface area contributed by atoms with Crippen LogP contribution in [0.15, 0.2) is 66.1 Å². The summed E-state index contributed by atoms with van der Waals surface area (Å²) in [5, 5.41) is 0. The van der Waals surface area contributed by atoms with E-state index in [4.69, 9.17) is 18.6 Å². The summed E-state index contributed by atoms with van der Waals surface area (Å²) in [5.74, 6) is -0.970. The van der Waals surface area contributed by atoms with Crippen molar-refractivity contribution in [3.63, 3.8) is 0 Å². The molecule has 2 aromatic rings. The molecule has 2 fully saturated rings. The van der Waals surface area contributed by atoms with Crippen LogP contribution in [0.2, 0.25) is 19.6 Å². The fourth-order valence-electron chi connectivity index (χ4n) is 6.22. The second kappa shape index (κ2) is 10.5. The molecule has 1 aliphatic carbocycles. The van der Waals surface area contributed by atoms with Gasteiger partial charge in [-0.15, -0.1) is 18.3 Å². The van der Waals surface area contributed by atoms with Gasteiger partial charge in [0.05, 0.1) is 21.3 Å². The SMILES string of the molecule is C=C[C@]1(O[Si](C)(C)C)C[C@@]2(C(=O)OC)C(=O)C(=O)N(CCSc3ccccc3)[C@]21c1ccc(OC)c(OC)c1. The van der Waals surface area contributed by atoms with Gasteiger partial charge in [-0.3, -0.25) is 14.4 Å². The van der Waals surface area contributed by atoms with Gasteiger partial charge in [0.15, 0.2) is 25.2 Å². The molecular weight excluding hydrogens is 534 g/mol. The number of esters is 1. The predicted molar refractivity (Wildman–Crippen MR) is 152 cm³/mol. The van der Waals surface area contributed by atoms with E-state index in [-0.39, 0.29) is 13.0 Å². The van der Waals surface area contributed by atoms with Gasteiger partial charge in [-0.05, 0) is 49.5 Å². The third-order valence-corrected chi connectivity index (χ3v) is 9.44. The first-order chi connectivity index (χ1) is 18.5. The lowest BCUT2D eigenvalue weighted by atomic mass is 9.43. The number of carbonyl (C=O) groups excluding carboxylic acids is 3. The van der Waals surface area contributed by atoms with E-state index in [1.165, 1.54) is 26.2 Å². The molecule has 1 saturated carbocycles. The second-order valence-corrected chi connectivity index (χ2v) is 16.2. The van der Waals surface area contributed by atoms with Crippen LogP contribution in [0.25, 0.3) is 0 Å². The maximum atomic E-state index is 13.9. The summed E-state index contributed by atoms with van der Waals surface area (Å²) < 4.78 is 23.1. The number of ether oxygens (including phenoxy) is 3. The van der Waals surface area contributed by atoms with Crippen LogP contribution in [0.1, 0.15) is 12.0 Å². The normalized spacial score (nSPS) is 26.1. The summed E-state index contributed by atoms with van der Waals surface area (Å²) in [5.41, 5.74) is -4.08. The van der Waals surface area contributed by atoms with Gasteiger partial charge in [0.1, 0.15) is 11.1 Å². The molecule has 3 atom stereocenters. The topological polar surface area (TPSA) is 91.4 Å². The van der Waals surface area contributed by atoms with Gasteiger partial charge in [0, 0.05) is 23.6 Å². The molecule has 0 spiro atoms. The molecule has 0 radical (unpaired) electrons. The van der Waals surface area contributed by atoms with E-state index < -0.39 is 42.5 Å². The van der Waals surface area contributed by atoms with E-state index >= 15 is 0 Å². The first kappa shape index (κ1) is 28.9. The van der Waals surface area contributed by atoms with Crippen LogP contribution in [0.5, 0.6) is 11.5 Å². The van der Waals surface area contributed by atoms with E-state index in [9.17, 15) is 14.4 Å². The number of fused-ring (bicyclic) bond motifs is 1. The maximum absolute atomic E-state index is 13.9. The van der Waals surface area contributed by atoms with Crippen LogP contribution in [0.4, 0.5) is 0 Å². The summed E-state index contributed by atoms with van der Waals surface area (Å²) in [7, 11) is 1.93. The molecule has 39 heavy (non-hydrogen) atoms. The average Bonchev–Trinajstić information content (AvgIpc) is 3.07. The summed E-state index contributed by atoms with van der Waals surface area (Å²) in [6, 6.07) is 15.0. The molecule has 208 valence electrons. The Morgan fingerprint density at radius 2 is 1.72 bits per heavy atom. The van der Waals surface area contributed by atoms with Crippen molar-refractivity contribution in [2.45, 2.75) is 42.1 Å². The zero-order valence-electron chi connectivity index (χ0n) is 23.2. The number of rotatable bonds is 11. The van der Waals surface area contributed by atoms with E-state index in [0.29, 0.717) is 22.8 Å². The highest BCUT2D eigenvalue weighted by atomic mass is 32.2. The van der Waals surface area contributed by atoms with Crippen LogP contribution < -0.4 is 9.47 Å². The lowest BCUT2D eigenvalue weighted by molar-refractivity contribution is -0.225. The molecular formula is C29H35NO7SSi. The van der Waals surface area contributed by atoms with E-state index in [0.717, 1.165) is 4.90 Å². The summed E-state index contributed by atoms with van der Waals surface area (Å²) in [6.45, 7) is 10.4. The Labute approximate surface area is 234 Å². The molecule has 1 saturated heterocycles. The van der Waals surface area contributed by atoms with Crippen molar-refractivity contribution in [3.8, 4) is 11.5 Å². The molecule has 0 bridgehead atoms. The highest BCUT2D eigenvalue weighted by Gasteiger charge is 2.88. The average molecular weight is 570 g/mol. The van der Waals surface area contributed by atoms with Gasteiger partial charge in [0.2, 0.25) is 5.78 Å². The number of hydrogen-bond donors (Lipinski definition) is 0. The lowest BCUT2D eigenvalue weighted by Crippen LogP contribution is -2.80. The van der Waals surface area contributed by atoms with E-state index in [1.54, 1.807) is 36.0 Å². The number of ketones is 1. The van der Waals surface area contributed by atoms with Gasteiger partial charge in [-0.1, -0.05) is 30.3 Å². The fourth-order valence-corrected chi connectivity index (χ4v) is 8.47. The molecule has 1 amide bonds. The highest BCUT2D eigenvalue weighted by Crippen LogP contribution is 2.72. The van der Waals surface area contributed by atoms with Crippen molar-refractivity contribution in [2.24, 2.45) is 5.41 Å². The molecule has 0 aromatic heterocycles. The zero-order valence-corrected chi connectivity index (χ0v) is 25.1. The standard InChI is InChI=1S/C29H35NO7SSi/c1-8-27(37-39(5,6)7)19-28(26(33)36-4)24(31)25(32)30(16-17-38-21-12-10-9-11-13-21)29(27,28)20-14-15-22(34-2)23(18-20)35-3/h8-15,18H,1,16-17,19H2,2-7H3/t27-,28-,29-/m0/s1. The Bertz CT molecular complexity index is 1300. The summed E-state index contributed by atoms with van der Waals surface area (Å²) in [6.07, 6.45) is 1.59. The van der Waals surface area contributed by atoms with Gasteiger partial charge in [0.25, 0.3) is 5.91 Å². The van der Waals surface area contributed by atoms with Gasteiger partial charge < -0.3 is 23.5 Å². The van der Waals surface area contributed by atoms with Crippen LogP contribution in [0, 0.1) is 5.41 Å². The number of hydrogen-bond acceptors (Lipinski definition) is 8. The lowest BCUT2D eigenvalue weighted by Gasteiger charge is -2.67. The summed E-state index contributed by atoms with van der Waals surface area (Å²) in [4.78, 5) is 44.0. The molecule has 0 N–H and O–H groups in total. The molecule has 2 aliphatic rings. The third-order valence-electron chi connectivity index (χ3n) is 7.47. The Morgan fingerprint density at radius 3 is 2.28 bits per heavy atom. The number of likely N-dealkylation sites (tertiary alicyclic amines) is 1. The maximum Gasteiger partial charge on any atom is 0.323 e. The highest BCUT2D eigenvalue weighted by molar-refractivity contribution is 7.99. The quantitative estimate of drug-likeness (QED) is 0.0980. The number of carbonyl (C=O) groups is 3. The molecule has 2 aromatic carbocycles. The van der Waals surface area contributed by atoms with Crippen molar-refractivity contribution in [1.29, 1.82) is 0 Å². The van der Waals surface area contributed by atoms with Crippen LogP contribution in [-0.4, -0.2) is 70.1 Å². The minimum absolute atomic E-state index is 0.0539. The van der Waals surface area contributed by atoms with Gasteiger partial charge >= 0.3 is 5.97 Å². The number of nitrogens with zero attached hydrogens (tertiary/aromatic N) is 1. The van der Waals surface area contributed by atoms with Crippen molar-refractivity contribution in [3.05, 3.63) is 66.7 Å². The minimum atomic E-state index is -2.33. The van der Waals surface area contributed by atoms with Crippen molar-refractivity contribution in [1.82, 2.24) is 4.90 Å². The number of Topliss-reactive ketones (excluding diaryl/α,β-unsaturated/α-hetero) is 1. The zero-order chi connectivity index (χ0) is 28.6. The van der Waals surface area contributed by atoms with Crippen molar-refractivity contribution in [2.75, 3.05) is 33.6 Å². The van der Waals surface area contributed by atoms with Gasteiger partial charge in [-0.2, -0.15) is 0 Å². The molecule has 4 rings (SSSR count). The number of thioether (sulfide) groups is 1. The van der Waals surface area contributed by atoms with Crippen molar-refractivity contribution < 1.29 is 33.0 Å². The number of amides is 1. The smallest absolute Gasteiger partial charge is 0.323 e. The molecule has 1 heterocycles. The predicted octanol–water partition coefficient (Wildman–Crippen LogP) is 4.44. The Morgan fingerprint density at radius 1 is 1.05 bits per heavy atom. The molecule has 1 aliphatic heterocycles. The molecule has 10 heteroatoms. The second-order valence-electron chi connectivity index (χ2n) is 10.6. The van der Waals surface area contributed by atoms with Gasteiger partial charge in [-0.25, -0.2) is 0 Å². The van der Waals surface area contributed by atoms with E-state index in [1.807, 2.05) is 50.0 Å². The minimum Gasteiger partial charge on any atom is -0.493 e. The van der Waals surface area contributed by atoms with E-state index in [2.05, 4.69) is 6.58 Å². The first-order valence-corrected chi connectivity index (χ1v) is 17.1. The Balaban J connectivity index is 1.98. The van der Waals surface area contributed by atoms with Crippen LogP contribution >= 0.6 is 11.8 Å². The monoisotopic (exact) mass is 569 g/mol. The molecule has 8 nitrogen and oxygen atoms in total. The fraction of sp³-hybridized carbons (Fsp3) is 0.414. The largest absolute Gasteiger partial charge is 0.493 e. The Hall–Kier alpha value is -3.08. The first-order valence-electron chi connectivity index (χ1n) is 12.7. The van der Waals surface area contributed by atoms with Crippen LogP contribution in [-0.2, 0) is 29.1 Å². The van der Waals surface area contributed by atoms with Crippen LogP contribution in [0.3, 0.4) is 0 Å². The van der Waals surface area contributed by atoms with Crippen molar-refractivity contribution >= 4 is 37.7 Å². The third kappa shape index (κ3) is 4.20. The Kier molecular flexibility index (Phi) is 7.77. The molecule has 0 unspecified atom stereocenters. The summed E-state index contributed by atoms with van der Waals surface area (Å²) >= 11 is 1.56. The number of methoxy groups -OCH3 is 3. The number of benzene rings is 2.